The zero-order chi connectivity index (χ0) is 12.3. The van der Waals surface area contributed by atoms with E-state index in [1.807, 2.05) is 43.3 Å². The van der Waals surface area contributed by atoms with Crippen molar-refractivity contribution in [1.82, 2.24) is 0 Å². The van der Waals surface area contributed by atoms with Crippen molar-refractivity contribution in [3.05, 3.63) is 59.7 Å². The van der Waals surface area contributed by atoms with Crippen molar-refractivity contribution in [1.29, 1.82) is 0 Å². The van der Waals surface area contributed by atoms with Gasteiger partial charge in [0.15, 0.2) is 0 Å². The summed E-state index contributed by atoms with van der Waals surface area (Å²) in [6.45, 7) is 2.05. The largest absolute Gasteiger partial charge is 0.465 e. The average molecular weight is 226 g/mol. The molecule has 2 heteroatoms. The molecule has 0 spiro atoms. The van der Waals surface area contributed by atoms with Crippen LogP contribution in [0.25, 0.3) is 11.1 Å². The van der Waals surface area contributed by atoms with Gasteiger partial charge in [-0.05, 0) is 30.2 Å². The first kappa shape index (κ1) is 11.4. The maximum Gasteiger partial charge on any atom is 0.337 e. The molecule has 2 aromatic carbocycles. The molecule has 0 aromatic heterocycles. The topological polar surface area (TPSA) is 26.3 Å². The summed E-state index contributed by atoms with van der Waals surface area (Å²) in [6.07, 6.45) is 0. The van der Waals surface area contributed by atoms with Crippen molar-refractivity contribution in [2.75, 3.05) is 7.11 Å². The third-order valence-electron chi connectivity index (χ3n) is 2.64. The average Bonchev–Trinajstić information content (AvgIpc) is 2.38. The van der Waals surface area contributed by atoms with Gasteiger partial charge in [0.25, 0.3) is 0 Å². The molecule has 2 nitrogen and oxygen atoms in total. The molecule has 2 rings (SSSR count). The summed E-state index contributed by atoms with van der Waals surface area (Å²) >= 11 is 0. The summed E-state index contributed by atoms with van der Waals surface area (Å²) < 4.78 is 4.71. The molecular formula is C15H14O2. The van der Waals surface area contributed by atoms with E-state index in [9.17, 15) is 4.79 Å². The van der Waals surface area contributed by atoms with Crippen molar-refractivity contribution in [3.63, 3.8) is 0 Å². The smallest absolute Gasteiger partial charge is 0.337 e. The van der Waals surface area contributed by atoms with Gasteiger partial charge in [-0.25, -0.2) is 4.79 Å². The van der Waals surface area contributed by atoms with Gasteiger partial charge in [-0.1, -0.05) is 42.0 Å². The Morgan fingerprint density at radius 3 is 2.29 bits per heavy atom. The zero-order valence-electron chi connectivity index (χ0n) is 9.94. The maximum absolute atomic E-state index is 11.4. The first-order chi connectivity index (χ1) is 8.20. The highest BCUT2D eigenvalue weighted by Crippen LogP contribution is 2.21. The number of ether oxygens (including phenoxy) is 1. The van der Waals surface area contributed by atoms with Gasteiger partial charge in [-0.15, -0.1) is 0 Å². The molecule has 0 radical (unpaired) electrons. The zero-order valence-corrected chi connectivity index (χ0v) is 9.94. The fourth-order valence-corrected chi connectivity index (χ4v) is 1.77. The first-order valence-electron chi connectivity index (χ1n) is 5.46. The Morgan fingerprint density at radius 1 is 1.00 bits per heavy atom. The number of carbonyl (C=O) groups is 1. The number of aryl methyl sites for hydroxylation is 1. The van der Waals surface area contributed by atoms with E-state index in [1.165, 1.54) is 12.7 Å². The third kappa shape index (κ3) is 2.53. The van der Waals surface area contributed by atoms with Crippen LogP contribution in [0.3, 0.4) is 0 Å². The Bertz CT molecular complexity index is 544. The Labute approximate surface area is 101 Å². The minimum Gasteiger partial charge on any atom is -0.465 e. The van der Waals surface area contributed by atoms with Crippen LogP contribution < -0.4 is 0 Å². The molecule has 0 aliphatic carbocycles. The molecule has 0 bridgehead atoms. The van der Waals surface area contributed by atoms with Gasteiger partial charge in [-0.2, -0.15) is 0 Å². The molecule has 0 saturated heterocycles. The van der Waals surface area contributed by atoms with E-state index in [2.05, 4.69) is 6.07 Å². The van der Waals surface area contributed by atoms with E-state index in [-0.39, 0.29) is 5.97 Å². The summed E-state index contributed by atoms with van der Waals surface area (Å²) in [4.78, 5) is 11.4. The van der Waals surface area contributed by atoms with E-state index in [0.717, 1.165) is 11.1 Å². The monoisotopic (exact) mass is 226 g/mol. The molecule has 17 heavy (non-hydrogen) atoms. The quantitative estimate of drug-likeness (QED) is 0.733. The summed E-state index contributed by atoms with van der Waals surface area (Å²) in [5.74, 6) is -0.306. The lowest BCUT2D eigenvalue weighted by Gasteiger charge is -2.05. The van der Waals surface area contributed by atoms with E-state index in [0.29, 0.717) is 5.56 Å². The van der Waals surface area contributed by atoms with Gasteiger partial charge in [-0.3, -0.25) is 0 Å². The van der Waals surface area contributed by atoms with Crippen molar-refractivity contribution in [2.45, 2.75) is 6.92 Å². The van der Waals surface area contributed by atoms with E-state index in [1.54, 1.807) is 6.07 Å². The highest BCUT2D eigenvalue weighted by molar-refractivity contribution is 5.90. The second kappa shape index (κ2) is 4.83. The lowest BCUT2D eigenvalue weighted by molar-refractivity contribution is 0.0601. The number of esters is 1. The van der Waals surface area contributed by atoms with Gasteiger partial charge < -0.3 is 4.74 Å². The van der Waals surface area contributed by atoms with Gasteiger partial charge in [0.05, 0.1) is 12.7 Å². The molecule has 0 saturated carbocycles. The van der Waals surface area contributed by atoms with E-state index >= 15 is 0 Å². The normalized spacial score (nSPS) is 10.0. The number of hydrogen-bond acceptors (Lipinski definition) is 2. The fraction of sp³-hybridized carbons (Fsp3) is 0.133. The molecule has 0 fully saturated rings. The molecule has 86 valence electrons. The second-order valence-electron chi connectivity index (χ2n) is 3.94. The SMILES string of the molecule is COC(=O)c1cccc(-c2cccc(C)c2)c1. The second-order valence-corrected chi connectivity index (χ2v) is 3.94. The molecule has 0 heterocycles. The molecule has 0 atom stereocenters. The van der Waals surface area contributed by atoms with Gasteiger partial charge in [0, 0.05) is 0 Å². The third-order valence-corrected chi connectivity index (χ3v) is 2.64. The summed E-state index contributed by atoms with van der Waals surface area (Å²) in [6, 6.07) is 15.6. The van der Waals surface area contributed by atoms with Crippen LogP contribution in [0.2, 0.25) is 0 Å². The lowest BCUT2D eigenvalue weighted by atomic mass is 10.0. The Hall–Kier alpha value is -2.09. The first-order valence-corrected chi connectivity index (χ1v) is 5.46. The number of rotatable bonds is 2. The van der Waals surface area contributed by atoms with Gasteiger partial charge >= 0.3 is 5.97 Å². The summed E-state index contributed by atoms with van der Waals surface area (Å²) in [7, 11) is 1.39. The Kier molecular flexibility index (Phi) is 3.24. The highest BCUT2D eigenvalue weighted by Gasteiger charge is 2.06. The number of hydrogen-bond donors (Lipinski definition) is 0. The lowest BCUT2D eigenvalue weighted by Crippen LogP contribution is -2.00. The standard InChI is InChI=1S/C15H14O2/c1-11-5-3-6-12(9-11)13-7-4-8-14(10-13)15(16)17-2/h3-10H,1-2H3. The van der Waals surface area contributed by atoms with Crippen LogP contribution in [0, 0.1) is 6.92 Å². The van der Waals surface area contributed by atoms with Gasteiger partial charge in [0.2, 0.25) is 0 Å². The van der Waals surface area contributed by atoms with Crippen LogP contribution in [0.15, 0.2) is 48.5 Å². The van der Waals surface area contributed by atoms with Crippen LogP contribution in [-0.4, -0.2) is 13.1 Å². The van der Waals surface area contributed by atoms with Crippen LogP contribution in [0.5, 0.6) is 0 Å². The van der Waals surface area contributed by atoms with Crippen LogP contribution >= 0.6 is 0 Å². The highest BCUT2D eigenvalue weighted by atomic mass is 16.5. The van der Waals surface area contributed by atoms with E-state index < -0.39 is 0 Å². The molecular weight excluding hydrogens is 212 g/mol. The molecule has 0 aliphatic heterocycles. The van der Waals surface area contributed by atoms with Crippen LogP contribution in [0.4, 0.5) is 0 Å². The minimum atomic E-state index is -0.306. The Morgan fingerprint density at radius 2 is 1.65 bits per heavy atom. The number of methoxy groups -OCH3 is 1. The molecule has 2 aromatic rings. The summed E-state index contributed by atoms with van der Waals surface area (Å²) in [5, 5.41) is 0. The molecule has 0 amide bonds. The minimum absolute atomic E-state index is 0.306. The molecule has 0 aliphatic rings. The Balaban J connectivity index is 2.43. The number of carbonyl (C=O) groups excluding carboxylic acids is 1. The maximum atomic E-state index is 11.4. The molecule has 0 unspecified atom stereocenters. The predicted octanol–water partition coefficient (Wildman–Crippen LogP) is 3.45. The van der Waals surface area contributed by atoms with Crippen molar-refractivity contribution in [2.24, 2.45) is 0 Å². The molecule has 0 N–H and O–H groups in total. The number of benzene rings is 2. The van der Waals surface area contributed by atoms with Crippen molar-refractivity contribution < 1.29 is 9.53 Å². The van der Waals surface area contributed by atoms with Crippen molar-refractivity contribution >= 4 is 5.97 Å². The fourth-order valence-electron chi connectivity index (χ4n) is 1.77. The van der Waals surface area contributed by atoms with Crippen molar-refractivity contribution in [3.8, 4) is 11.1 Å². The van der Waals surface area contributed by atoms with Gasteiger partial charge in [0.1, 0.15) is 0 Å². The van der Waals surface area contributed by atoms with Crippen LogP contribution in [-0.2, 0) is 4.74 Å². The predicted molar refractivity (Wildman–Crippen MR) is 68.0 cm³/mol. The summed E-state index contributed by atoms with van der Waals surface area (Å²) in [5.41, 5.74) is 3.91. The van der Waals surface area contributed by atoms with Crippen LogP contribution in [0.1, 0.15) is 15.9 Å². The van der Waals surface area contributed by atoms with E-state index in [4.69, 9.17) is 4.74 Å².